The SMILES string of the molecule is C=CC(=O)OC(COC)COCc1c2ccccc2cc2ccccc12. The second-order valence-electron chi connectivity index (χ2n) is 6.03. The Labute approximate surface area is 153 Å². The highest BCUT2D eigenvalue weighted by atomic mass is 16.6. The molecule has 0 spiro atoms. The van der Waals surface area contributed by atoms with Crippen LogP contribution < -0.4 is 0 Å². The highest BCUT2D eigenvalue weighted by Gasteiger charge is 2.14. The Bertz CT molecular complexity index is 862. The minimum Gasteiger partial charge on any atom is -0.454 e. The molecule has 4 heteroatoms. The van der Waals surface area contributed by atoms with Gasteiger partial charge in [0.1, 0.15) is 6.10 Å². The van der Waals surface area contributed by atoms with Gasteiger partial charge in [0.2, 0.25) is 0 Å². The maximum absolute atomic E-state index is 11.4. The summed E-state index contributed by atoms with van der Waals surface area (Å²) in [6.45, 7) is 4.37. The van der Waals surface area contributed by atoms with E-state index in [1.165, 1.54) is 10.8 Å². The largest absolute Gasteiger partial charge is 0.454 e. The molecule has 26 heavy (non-hydrogen) atoms. The molecule has 0 aliphatic heterocycles. The van der Waals surface area contributed by atoms with Crippen molar-refractivity contribution in [1.29, 1.82) is 0 Å². The van der Waals surface area contributed by atoms with E-state index in [1.807, 2.05) is 24.3 Å². The van der Waals surface area contributed by atoms with Crippen LogP contribution in [0.25, 0.3) is 21.5 Å². The smallest absolute Gasteiger partial charge is 0.330 e. The molecule has 0 radical (unpaired) electrons. The van der Waals surface area contributed by atoms with Gasteiger partial charge in [0.05, 0.1) is 19.8 Å². The predicted octanol–water partition coefficient (Wildman–Crippen LogP) is 4.25. The van der Waals surface area contributed by atoms with E-state index in [-0.39, 0.29) is 13.2 Å². The Morgan fingerprint density at radius 2 is 1.65 bits per heavy atom. The summed E-state index contributed by atoms with van der Waals surface area (Å²) in [6, 6.07) is 18.7. The normalized spacial score (nSPS) is 12.2. The molecule has 0 amide bonds. The van der Waals surface area contributed by atoms with Gasteiger partial charge in [-0.1, -0.05) is 55.1 Å². The summed E-state index contributed by atoms with van der Waals surface area (Å²) >= 11 is 0. The standard InChI is InChI=1S/C22H22O4/c1-3-22(23)26-18(13-24-2)14-25-15-21-19-10-6-4-8-16(19)12-17-9-5-7-11-20(17)21/h3-12,18H,1,13-15H2,2H3. The number of hydrogen-bond donors (Lipinski definition) is 0. The lowest BCUT2D eigenvalue weighted by atomic mass is 9.97. The summed E-state index contributed by atoms with van der Waals surface area (Å²) in [5, 5.41) is 4.68. The first kappa shape index (κ1) is 18.1. The Morgan fingerprint density at radius 3 is 2.23 bits per heavy atom. The topological polar surface area (TPSA) is 44.8 Å². The van der Waals surface area contributed by atoms with Gasteiger partial charge in [-0.05, 0) is 33.2 Å². The Hall–Kier alpha value is -2.69. The predicted molar refractivity (Wildman–Crippen MR) is 103 cm³/mol. The third-order valence-corrected chi connectivity index (χ3v) is 4.24. The highest BCUT2D eigenvalue weighted by Crippen LogP contribution is 2.29. The average Bonchev–Trinajstić information content (AvgIpc) is 2.67. The van der Waals surface area contributed by atoms with E-state index in [0.29, 0.717) is 6.61 Å². The summed E-state index contributed by atoms with van der Waals surface area (Å²) < 4.78 is 16.3. The first-order chi connectivity index (χ1) is 12.7. The average molecular weight is 350 g/mol. The van der Waals surface area contributed by atoms with E-state index in [0.717, 1.165) is 22.4 Å². The van der Waals surface area contributed by atoms with Gasteiger partial charge in [0.15, 0.2) is 0 Å². The van der Waals surface area contributed by atoms with Gasteiger partial charge in [0, 0.05) is 13.2 Å². The molecule has 0 fully saturated rings. The van der Waals surface area contributed by atoms with Gasteiger partial charge >= 0.3 is 5.97 Å². The minimum absolute atomic E-state index is 0.255. The van der Waals surface area contributed by atoms with Gasteiger partial charge < -0.3 is 14.2 Å². The Morgan fingerprint density at radius 1 is 1.04 bits per heavy atom. The van der Waals surface area contributed by atoms with E-state index >= 15 is 0 Å². The molecule has 3 aromatic carbocycles. The number of esters is 1. The second kappa shape index (κ2) is 8.61. The van der Waals surface area contributed by atoms with Crippen molar-refractivity contribution in [3.05, 3.63) is 72.8 Å². The van der Waals surface area contributed by atoms with Crippen molar-refractivity contribution in [2.75, 3.05) is 20.3 Å². The fourth-order valence-electron chi connectivity index (χ4n) is 3.07. The summed E-state index contributed by atoms with van der Waals surface area (Å²) in [4.78, 5) is 11.4. The molecule has 3 rings (SSSR count). The van der Waals surface area contributed by atoms with Crippen molar-refractivity contribution in [2.45, 2.75) is 12.7 Å². The van der Waals surface area contributed by atoms with Crippen LogP contribution in [0.3, 0.4) is 0 Å². The van der Waals surface area contributed by atoms with Gasteiger partial charge in [-0.3, -0.25) is 0 Å². The van der Waals surface area contributed by atoms with Crippen LogP contribution in [-0.2, 0) is 25.6 Å². The molecule has 0 aromatic heterocycles. The fraction of sp³-hybridized carbons (Fsp3) is 0.227. The van der Waals surface area contributed by atoms with E-state index in [4.69, 9.17) is 14.2 Å². The van der Waals surface area contributed by atoms with E-state index in [9.17, 15) is 4.79 Å². The summed E-state index contributed by atoms with van der Waals surface area (Å²) in [5.41, 5.74) is 1.13. The maximum Gasteiger partial charge on any atom is 0.330 e. The number of carbonyl (C=O) groups excluding carboxylic acids is 1. The van der Waals surface area contributed by atoms with Gasteiger partial charge in [-0.15, -0.1) is 0 Å². The molecule has 3 aromatic rings. The molecule has 0 heterocycles. The zero-order chi connectivity index (χ0) is 18.4. The first-order valence-electron chi connectivity index (χ1n) is 8.52. The number of carbonyl (C=O) groups is 1. The van der Waals surface area contributed by atoms with Crippen LogP contribution >= 0.6 is 0 Å². The molecule has 4 nitrogen and oxygen atoms in total. The summed E-state index contributed by atoms with van der Waals surface area (Å²) in [7, 11) is 1.56. The van der Waals surface area contributed by atoms with Gasteiger partial charge in [0.25, 0.3) is 0 Å². The van der Waals surface area contributed by atoms with Crippen molar-refractivity contribution in [1.82, 2.24) is 0 Å². The second-order valence-corrected chi connectivity index (χ2v) is 6.03. The fourth-order valence-corrected chi connectivity index (χ4v) is 3.07. The van der Waals surface area contributed by atoms with E-state index in [2.05, 4.69) is 36.9 Å². The van der Waals surface area contributed by atoms with E-state index in [1.54, 1.807) is 7.11 Å². The molecule has 0 aliphatic rings. The monoisotopic (exact) mass is 350 g/mol. The van der Waals surface area contributed by atoms with Crippen LogP contribution in [0.1, 0.15) is 5.56 Å². The number of ether oxygens (including phenoxy) is 3. The molecule has 1 unspecified atom stereocenters. The lowest BCUT2D eigenvalue weighted by Crippen LogP contribution is -2.27. The molecule has 0 N–H and O–H groups in total. The molecular formula is C22H22O4. The Kier molecular flexibility index (Phi) is 6.00. The van der Waals surface area contributed by atoms with Crippen molar-refractivity contribution < 1.29 is 19.0 Å². The van der Waals surface area contributed by atoms with Crippen molar-refractivity contribution in [3.8, 4) is 0 Å². The lowest BCUT2D eigenvalue weighted by Gasteiger charge is -2.17. The number of hydrogen-bond acceptors (Lipinski definition) is 4. The van der Waals surface area contributed by atoms with Gasteiger partial charge in [-0.25, -0.2) is 4.79 Å². The van der Waals surface area contributed by atoms with Crippen LogP contribution in [0.5, 0.6) is 0 Å². The maximum atomic E-state index is 11.4. The van der Waals surface area contributed by atoms with Crippen LogP contribution in [0.15, 0.2) is 67.3 Å². The van der Waals surface area contributed by atoms with Gasteiger partial charge in [-0.2, -0.15) is 0 Å². The van der Waals surface area contributed by atoms with Crippen LogP contribution in [0.4, 0.5) is 0 Å². The first-order valence-corrected chi connectivity index (χ1v) is 8.52. The van der Waals surface area contributed by atoms with Crippen molar-refractivity contribution in [3.63, 3.8) is 0 Å². The van der Waals surface area contributed by atoms with Crippen LogP contribution in [0, 0.1) is 0 Å². The highest BCUT2D eigenvalue weighted by molar-refractivity contribution is 6.02. The molecule has 0 saturated carbocycles. The number of methoxy groups -OCH3 is 1. The molecule has 0 aliphatic carbocycles. The zero-order valence-corrected chi connectivity index (χ0v) is 14.8. The number of rotatable bonds is 8. The third-order valence-electron chi connectivity index (χ3n) is 4.24. The summed E-state index contributed by atoms with van der Waals surface area (Å²) in [6.07, 6.45) is 0.674. The molecule has 0 saturated heterocycles. The van der Waals surface area contributed by atoms with Crippen LogP contribution in [0.2, 0.25) is 0 Å². The third kappa shape index (κ3) is 4.10. The van der Waals surface area contributed by atoms with Crippen LogP contribution in [-0.4, -0.2) is 32.4 Å². The summed E-state index contributed by atoms with van der Waals surface area (Å²) in [5.74, 6) is -0.480. The van der Waals surface area contributed by atoms with Crippen molar-refractivity contribution >= 4 is 27.5 Å². The minimum atomic E-state index is -0.480. The molecule has 0 bridgehead atoms. The lowest BCUT2D eigenvalue weighted by molar-refractivity contribution is -0.149. The molecule has 1 atom stereocenters. The quantitative estimate of drug-likeness (QED) is 0.346. The number of fused-ring (bicyclic) bond motifs is 2. The Balaban J connectivity index is 1.82. The zero-order valence-electron chi connectivity index (χ0n) is 14.8. The number of benzene rings is 3. The van der Waals surface area contributed by atoms with E-state index < -0.39 is 12.1 Å². The molecular weight excluding hydrogens is 328 g/mol. The molecule has 134 valence electrons. The van der Waals surface area contributed by atoms with Crippen molar-refractivity contribution in [2.24, 2.45) is 0 Å².